The molecule has 4 rings (SSSR count). The van der Waals surface area contributed by atoms with Crippen LogP contribution in [0.5, 0.6) is 5.88 Å². The predicted molar refractivity (Wildman–Crippen MR) is 96.0 cm³/mol. The van der Waals surface area contributed by atoms with Gasteiger partial charge in [-0.1, -0.05) is 6.07 Å². The van der Waals surface area contributed by atoms with Crippen LogP contribution in [0.1, 0.15) is 52.6 Å². The van der Waals surface area contributed by atoms with Gasteiger partial charge in [0.1, 0.15) is 5.56 Å². The Hall–Kier alpha value is -2.47. The van der Waals surface area contributed by atoms with E-state index in [1.807, 2.05) is 24.3 Å². The van der Waals surface area contributed by atoms with Crippen molar-refractivity contribution in [1.82, 2.24) is 15.3 Å². The largest absolute Gasteiger partial charge is 0.480 e. The van der Waals surface area contributed by atoms with Gasteiger partial charge < -0.3 is 15.2 Å². The van der Waals surface area contributed by atoms with Gasteiger partial charge in [-0.2, -0.15) is 0 Å². The molecule has 2 N–H and O–H groups in total. The van der Waals surface area contributed by atoms with Gasteiger partial charge in [0.25, 0.3) is 5.91 Å². The summed E-state index contributed by atoms with van der Waals surface area (Å²) < 4.78 is 5.37. The molecule has 1 atom stereocenters. The molecule has 136 valence electrons. The highest BCUT2D eigenvalue weighted by Gasteiger charge is 2.37. The van der Waals surface area contributed by atoms with E-state index in [2.05, 4.69) is 15.3 Å². The van der Waals surface area contributed by atoms with Crippen molar-refractivity contribution in [3.8, 4) is 5.88 Å². The van der Waals surface area contributed by atoms with Crippen LogP contribution >= 0.6 is 0 Å². The molecule has 0 aliphatic heterocycles. The number of carbonyl (C=O) groups is 1. The van der Waals surface area contributed by atoms with Gasteiger partial charge in [0, 0.05) is 11.9 Å². The quantitative estimate of drug-likeness (QED) is 0.861. The highest BCUT2D eigenvalue weighted by molar-refractivity contribution is 5.97. The molecule has 26 heavy (non-hydrogen) atoms. The maximum absolute atomic E-state index is 13.0. The second kappa shape index (κ2) is 7.03. The number of aromatic nitrogens is 2. The minimum atomic E-state index is -0.292. The SMILES string of the molecule is COc1nc2c(cc1C(=O)NC(c1ccccn1)C1CC(O)C1)CCC2. The van der Waals surface area contributed by atoms with Gasteiger partial charge in [0.15, 0.2) is 0 Å². The van der Waals surface area contributed by atoms with Crippen LogP contribution in [-0.2, 0) is 12.8 Å². The molecule has 2 aromatic rings. The van der Waals surface area contributed by atoms with Crippen molar-refractivity contribution in [3.05, 3.63) is 53.0 Å². The number of aliphatic hydroxyl groups excluding tert-OH is 1. The Balaban J connectivity index is 1.61. The number of hydrogen-bond donors (Lipinski definition) is 2. The van der Waals surface area contributed by atoms with Crippen LogP contribution in [0.3, 0.4) is 0 Å². The highest BCUT2D eigenvalue weighted by Crippen LogP contribution is 2.38. The molecule has 0 spiro atoms. The zero-order valence-electron chi connectivity index (χ0n) is 14.8. The summed E-state index contributed by atoms with van der Waals surface area (Å²) in [4.78, 5) is 21.9. The summed E-state index contributed by atoms with van der Waals surface area (Å²) in [5.74, 6) is 0.342. The van der Waals surface area contributed by atoms with Crippen LogP contribution < -0.4 is 10.1 Å². The number of ether oxygens (including phenoxy) is 1. The molecule has 1 saturated carbocycles. The average Bonchev–Trinajstić information content (AvgIpc) is 3.10. The Morgan fingerprint density at radius 3 is 2.88 bits per heavy atom. The van der Waals surface area contributed by atoms with Crippen LogP contribution in [0.25, 0.3) is 0 Å². The number of carbonyl (C=O) groups excluding carboxylic acids is 1. The third kappa shape index (κ3) is 3.17. The van der Waals surface area contributed by atoms with Crippen molar-refractivity contribution in [2.75, 3.05) is 7.11 Å². The number of aliphatic hydroxyl groups is 1. The summed E-state index contributed by atoms with van der Waals surface area (Å²) in [5, 5.41) is 12.8. The summed E-state index contributed by atoms with van der Waals surface area (Å²) in [6.45, 7) is 0. The zero-order valence-corrected chi connectivity index (χ0v) is 14.8. The second-order valence-electron chi connectivity index (χ2n) is 7.10. The number of rotatable bonds is 5. The standard InChI is InChI=1S/C20H23N3O3/c1-26-20-15(11-12-5-4-7-16(12)22-20)19(25)23-18(13-9-14(24)10-13)17-6-2-3-8-21-17/h2-3,6,8,11,13-14,18,24H,4-5,7,9-10H2,1H3,(H,23,25). The molecule has 2 aromatic heterocycles. The Morgan fingerprint density at radius 1 is 1.35 bits per heavy atom. The lowest BCUT2D eigenvalue weighted by molar-refractivity contribution is 0.0228. The van der Waals surface area contributed by atoms with E-state index >= 15 is 0 Å². The maximum Gasteiger partial charge on any atom is 0.257 e. The summed E-state index contributed by atoms with van der Waals surface area (Å²) in [7, 11) is 1.54. The molecule has 1 unspecified atom stereocenters. The smallest absolute Gasteiger partial charge is 0.257 e. The van der Waals surface area contributed by atoms with Crippen molar-refractivity contribution >= 4 is 5.91 Å². The number of nitrogens with one attached hydrogen (secondary N) is 1. The Kier molecular flexibility index (Phi) is 4.59. The molecule has 2 aliphatic carbocycles. The highest BCUT2D eigenvalue weighted by atomic mass is 16.5. The Bertz CT molecular complexity index is 803. The van der Waals surface area contributed by atoms with Crippen molar-refractivity contribution in [2.24, 2.45) is 5.92 Å². The lowest BCUT2D eigenvalue weighted by Crippen LogP contribution is -2.41. The zero-order chi connectivity index (χ0) is 18.1. The summed E-state index contributed by atoms with van der Waals surface area (Å²) in [5.41, 5.74) is 3.44. The lowest BCUT2D eigenvalue weighted by atomic mass is 9.76. The fourth-order valence-electron chi connectivity index (χ4n) is 3.89. The molecule has 6 heteroatoms. The third-order valence-electron chi connectivity index (χ3n) is 5.37. The normalized spacial score (nSPS) is 22.2. The number of pyridine rings is 2. The van der Waals surface area contributed by atoms with Crippen molar-refractivity contribution in [2.45, 2.75) is 44.2 Å². The predicted octanol–water partition coefficient (Wildman–Crippen LogP) is 2.22. The van der Waals surface area contributed by atoms with E-state index in [-0.39, 0.29) is 24.0 Å². The molecular formula is C20H23N3O3. The van der Waals surface area contributed by atoms with Gasteiger partial charge in [-0.25, -0.2) is 4.98 Å². The number of hydrogen-bond acceptors (Lipinski definition) is 5. The van der Waals surface area contributed by atoms with Gasteiger partial charge in [0.2, 0.25) is 5.88 Å². The third-order valence-corrected chi connectivity index (χ3v) is 5.37. The molecule has 1 amide bonds. The van der Waals surface area contributed by atoms with Gasteiger partial charge >= 0.3 is 0 Å². The van der Waals surface area contributed by atoms with Crippen LogP contribution in [0.2, 0.25) is 0 Å². The fraction of sp³-hybridized carbons (Fsp3) is 0.450. The minimum absolute atomic E-state index is 0.178. The first-order valence-electron chi connectivity index (χ1n) is 9.12. The van der Waals surface area contributed by atoms with Crippen molar-refractivity contribution in [3.63, 3.8) is 0 Å². The molecule has 0 radical (unpaired) electrons. The van der Waals surface area contributed by atoms with Gasteiger partial charge in [-0.05, 0) is 61.8 Å². The Morgan fingerprint density at radius 2 is 2.19 bits per heavy atom. The summed E-state index contributed by atoms with van der Waals surface area (Å²) >= 11 is 0. The van der Waals surface area contributed by atoms with E-state index in [1.54, 1.807) is 13.3 Å². The van der Waals surface area contributed by atoms with Gasteiger partial charge in [-0.15, -0.1) is 0 Å². The number of amides is 1. The number of methoxy groups -OCH3 is 1. The number of aryl methyl sites for hydroxylation is 2. The number of fused-ring (bicyclic) bond motifs is 1. The van der Waals surface area contributed by atoms with Crippen LogP contribution in [0, 0.1) is 5.92 Å². The topological polar surface area (TPSA) is 84.3 Å². The van der Waals surface area contributed by atoms with Crippen LogP contribution in [0.15, 0.2) is 30.5 Å². The van der Waals surface area contributed by atoms with E-state index in [9.17, 15) is 9.90 Å². The van der Waals surface area contributed by atoms with E-state index in [0.717, 1.165) is 36.2 Å². The first kappa shape index (κ1) is 17.0. The lowest BCUT2D eigenvalue weighted by Gasteiger charge is -2.37. The summed E-state index contributed by atoms with van der Waals surface area (Å²) in [6.07, 6.45) is 5.71. The first-order chi connectivity index (χ1) is 12.7. The monoisotopic (exact) mass is 353 g/mol. The molecule has 1 fully saturated rings. The van der Waals surface area contributed by atoms with Crippen molar-refractivity contribution < 1.29 is 14.6 Å². The van der Waals surface area contributed by atoms with Gasteiger partial charge in [0.05, 0.1) is 24.9 Å². The molecule has 0 bridgehead atoms. The molecule has 0 saturated heterocycles. The molecule has 2 aliphatic rings. The molecular weight excluding hydrogens is 330 g/mol. The van der Waals surface area contributed by atoms with Crippen molar-refractivity contribution in [1.29, 1.82) is 0 Å². The van der Waals surface area contributed by atoms with E-state index < -0.39 is 0 Å². The summed E-state index contributed by atoms with van der Waals surface area (Å²) in [6, 6.07) is 7.35. The fourth-order valence-corrected chi connectivity index (χ4v) is 3.89. The molecule has 2 heterocycles. The minimum Gasteiger partial charge on any atom is -0.480 e. The van der Waals surface area contributed by atoms with E-state index in [0.29, 0.717) is 24.3 Å². The van der Waals surface area contributed by atoms with E-state index in [4.69, 9.17) is 4.74 Å². The number of nitrogens with zero attached hydrogens (tertiary/aromatic N) is 2. The van der Waals surface area contributed by atoms with E-state index in [1.165, 1.54) is 0 Å². The van der Waals surface area contributed by atoms with Crippen LogP contribution in [-0.4, -0.2) is 34.2 Å². The maximum atomic E-state index is 13.0. The second-order valence-corrected chi connectivity index (χ2v) is 7.10. The van der Waals surface area contributed by atoms with Crippen LogP contribution in [0.4, 0.5) is 0 Å². The molecule has 0 aromatic carbocycles. The Labute approximate surface area is 152 Å². The first-order valence-corrected chi connectivity index (χ1v) is 9.12. The van der Waals surface area contributed by atoms with Gasteiger partial charge in [-0.3, -0.25) is 9.78 Å². The molecule has 6 nitrogen and oxygen atoms in total. The average molecular weight is 353 g/mol.